The Bertz CT molecular complexity index is 702. The van der Waals surface area contributed by atoms with Crippen LogP contribution in [0.3, 0.4) is 0 Å². The third-order valence-electron chi connectivity index (χ3n) is 5.80. The first-order valence-electron chi connectivity index (χ1n) is 9.89. The SMILES string of the molecule is Fc1cccc(COCC2CC(c3ccc(CN4CCCC4)cc3)C2)c1. The molecule has 1 aliphatic heterocycles. The quantitative estimate of drug-likeness (QED) is 0.684. The van der Waals surface area contributed by atoms with Gasteiger partial charge in [-0.3, -0.25) is 4.90 Å². The van der Waals surface area contributed by atoms with E-state index in [9.17, 15) is 4.39 Å². The predicted molar refractivity (Wildman–Crippen MR) is 102 cm³/mol. The summed E-state index contributed by atoms with van der Waals surface area (Å²) in [6, 6.07) is 15.9. The summed E-state index contributed by atoms with van der Waals surface area (Å²) in [7, 11) is 0. The van der Waals surface area contributed by atoms with Crippen molar-refractivity contribution in [3.63, 3.8) is 0 Å². The van der Waals surface area contributed by atoms with Crippen LogP contribution in [-0.4, -0.2) is 24.6 Å². The van der Waals surface area contributed by atoms with E-state index in [2.05, 4.69) is 29.2 Å². The van der Waals surface area contributed by atoms with E-state index in [4.69, 9.17) is 4.74 Å². The van der Waals surface area contributed by atoms with Crippen molar-refractivity contribution in [1.82, 2.24) is 4.90 Å². The van der Waals surface area contributed by atoms with Gasteiger partial charge >= 0.3 is 0 Å². The van der Waals surface area contributed by atoms with Crippen molar-refractivity contribution in [2.75, 3.05) is 19.7 Å². The Kier molecular flexibility index (Phi) is 5.66. The van der Waals surface area contributed by atoms with Crippen molar-refractivity contribution in [3.05, 3.63) is 71.0 Å². The highest BCUT2D eigenvalue weighted by Gasteiger charge is 2.30. The topological polar surface area (TPSA) is 12.5 Å². The van der Waals surface area contributed by atoms with Crippen molar-refractivity contribution in [1.29, 1.82) is 0 Å². The van der Waals surface area contributed by atoms with Crippen molar-refractivity contribution >= 4 is 0 Å². The summed E-state index contributed by atoms with van der Waals surface area (Å²) < 4.78 is 18.9. The lowest BCUT2D eigenvalue weighted by atomic mass is 9.72. The van der Waals surface area contributed by atoms with Crippen molar-refractivity contribution in [2.24, 2.45) is 5.92 Å². The molecule has 2 aromatic rings. The molecule has 3 heteroatoms. The zero-order valence-corrected chi connectivity index (χ0v) is 15.4. The molecule has 0 amide bonds. The second-order valence-corrected chi connectivity index (χ2v) is 7.90. The molecule has 26 heavy (non-hydrogen) atoms. The van der Waals surface area contributed by atoms with Crippen LogP contribution in [0.2, 0.25) is 0 Å². The second kappa shape index (κ2) is 8.32. The molecular formula is C23H28FNO. The summed E-state index contributed by atoms with van der Waals surface area (Å²) in [5.74, 6) is 1.12. The van der Waals surface area contributed by atoms with Crippen LogP contribution in [0.25, 0.3) is 0 Å². The maximum atomic E-state index is 13.2. The minimum absolute atomic E-state index is 0.192. The van der Waals surface area contributed by atoms with Gasteiger partial charge in [0.2, 0.25) is 0 Å². The first kappa shape index (κ1) is 17.7. The van der Waals surface area contributed by atoms with Gasteiger partial charge in [-0.2, -0.15) is 0 Å². The van der Waals surface area contributed by atoms with Gasteiger partial charge in [-0.15, -0.1) is 0 Å². The lowest BCUT2D eigenvalue weighted by Crippen LogP contribution is -2.26. The standard InChI is InChI=1S/C23H28FNO/c24-23-5-3-4-19(14-23)16-26-17-20-12-22(13-20)21-8-6-18(7-9-21)15-25-10-1-2-11-25/h3-9,14,20,22H,1-2,10-13,15-17H2. The highest BCUT2D eigenvalue weighted by Crippen LogP contribution is 2.41. The average molecular weight is 353 g/mol. The Balaban J connectivity index is 1.18. The van der Waals surface area contributed by atoms with E-state index in [-0.39, 0.29) is 5.82 Å². The smallest absolute Gasteiger partial charge is 0.123 e. The molecule has 0 bridgehead atoms. The van der Waals surface area contributed by atoms with Crippen LogP contribution in [0.15, 0.2) is 48.5 Å². The normalized spacial score (nSPS) is 23.1. The highest BCUT2D eigenvalue weighted by molar-refractivity contribution is 5.27. The molecule has 2 aromatic carbocycles. The molecule has 0 radical (unpaired) electrons. The Labute approximate surface area is 156 Å². The van der Waals surface area contributed by atoms with Gasteiger partial charge in [0, 0.05) is 13.2 Å². The zero-order chi connectivity index (χ0) is 17.8. The third-order valence-corrected chi connectivity index (χ3v) is 5.80. The molecule has 0 atom stereocenters. The molecule has 1 saturated heterocycles. The van der Waals surface area contributed by atoms with Crippen LogP contribution in [-0.2, 0) is 17.9 Å². The highest BCUT2D eigenvalue weighted by atomic mass is 19.1. The van der Waals surface area contributed by atoms with Gasteiger partial charge < -0.3 is 4.74 Å². The minimum atomic E-state index is -0.192. The van der Waals surface area contributed by atoms with Gasteiger partial charge in [0.25, 0.3) is 0 Å². The lowest BCUT2D eigenvalue weighted by molar-refractivity contribution is 0.0507. The van der Waals surface area contributed by atoms with Crippen LogP contribution in [0.5, 0.6) is 0 Å². The van der Waals surface area contributed by atoms with Gasteiger partial charge in [-0.1, -0.05) is 36.4 Å². The predicted octanol–water partition coefficient (Wildman–Crippen LogP) is 5.13. The van der Waals surface area contributed by atoms with Crippen molar-refractivity contribution in [3.8, 4) is 0 Å². The molecular weight excluding hydrogens is 325 g/mol. The molecule has 138 valence electrons. The van der Waals surface area contributed by atoms with E-state index in [1.54, 1.807) is 12.1 Å². The number of rotatable bonds is 7. The molecule has 0 aromatic heterocycles. The second-order valence-electron chi connectivity index (χ2n) is 7.90. The molecule has 1 aliphatic carbocycles. The number of hydrogen-bond donors (Lipinski definition) is 0. The van der Waals surface area contributed by atoms with E-state index in [1.807, 2.05) is 6.07 Å². The minimum Gasteiger partial charge on any atom is -0.376 e. The van der Waals surface area contributed by atoms with Crippen LogP contribution in [0.4, 0.5) is 4.39 Å². The third kappa shape index (κ3) is 4.52. The molecule has 0 spiro atoms. The number of nitrogens with zero attached hydrogens (tertiary/aromatic N) is 1. The largest absolute Gasteiger partial charge is 0.376 e. The van der Waals surface area contributed by atoms with E-state index in [1.165, 1.54) is 56.0 Å². The molecule has 0 unspecified atom stereocenters. The van der Waals surface area contributed by atoms with Gasteiger partial charge in [-0.25, -0.2) is 4.39 Å². The molecule has 2 nitrogen and oxygen atoms in total. The molecule has 1 heterocycles. The Morgan fingerprint density at radius 2 is 1.73 bits per heavy atom. The van der Waals surface area contributed by atoms with Crippen LogP contribution < -0.4 is 0 Å². The van der Waals surface area contributed by atoms with E-state index < -0.39 is 0 Å². The molecule has 0 N–H and O–H groups in total. The summed E-state index contributed by atoms with van der Waals surface area (Å²) in [5.41, 5.74) is 3.82. The van der Waals surface area contributed by atoms with Crippen molar-refractivity contribution < 1.29 is 9.13 Å². The first-order valence-corrected chi connectivity index (χ1v) is 9.89. The Morgan fingerprint density at radius 3 is 2.46 bits per heavy atom. The number of ether oxygens (including phenoxy) is 1. The van der Waals surface area contributed by atoms with E-state index >= 15 is 0 Å². The number of halogens is 1. The first-order chi connectivity index (χ1) is 12.8. The molecule has 1 saturated carbocycles. The van der Waals surface area contributed by atoms with Crippen LogP contribution >= 0.6 is 0 Å². The van der Waals surface area contributed by atoms with Gasteiger partial charge in [0.05, 0.1) is 6.61 Å². The lowest BCUT2D eigenvalue weighted by Gasteiger charge is -2.35. The monoisotopic (exact) mass is 353 g/mol. The fourth-order valence-corrected chi connectivity index (χ4v) is 4.21. The number of benzene rings is 2. The number of hydrogen-bond acceptors (Lipinski definition) is 2. The summed E-state index contributed by atoms with van der Waals surface area (Å²) in [6.07, 6.45) is 5.11. The maximum Gasteiger partial charge on any atom is 0.123 e. The molecule has 2 fully saturated rings. The number of likely N-dealkylation sites (tertiary alicyclic amines) is 1. The van der Waals surface area contributed by atoms with Crippen molar-refractivity contribution in [2.45, 2.75) is 44.8 Å². The van der Waals surface area contributed by atoms with Crippen LogP contribution in [0, 0.1) is 11.7 Å². The average Bonchev–Trinajstić information content (AvgIpc) is 3.11. The molecule has 4 rings (SSSR count). The summed E-state index contributed by atoms with van der Waals surface area (Å²) >= 11 is 0. The fourth-order valence-electron chi connectivity index (χ4n) is 4.21. The maximum absolute atomic E-state index is 13.2. The zero-order valence-electron chi connectivity index (χ0n) is 15.4. The van der Waals surface area contributed by atoms with E-state index in [0.29, 0.717) is 18.4 Å². The van der Waals surface area contributed by atoms with Crippen LogP contribution in [0.1, 0.15) is 48.3 Å². The summed E-state index contributed by atoms with van der Waals surface area (Å²) in [6.45, 7) is 4.88. The fraction of sp³-hybridized carbons (Fsp3) is 0.478. The Morgan fingerprint density at radius 1 is 0.962 bits per heavy atom. The van der Waals surface area contributed by atoms with Gasteiger partial charge in [-0.05, 0) is 79.4 Å². The summed E-state index contributed by atoms with van der Waals surface area (Å²) in [5, 5.41) is 0. The van der Waals surface area contributed by atoms with E-state index in [0.717, 1.165) is 18.7 Å². The Hall–Kier alpha value is -1.71. The summed E-state index contributed by atoms with van der Waals surface area (Å²) in [4.78, 5) is 2.55. The van der Waals surface area contributed by atoms with Gasteiger partial charge in [0.1, 0.15) is 5.82 Å². The molecule has 2 aliphatic rings. The van der Waals surface area contributed by atoms with Gasteiger partial charge in [0.15, 0.2) is 0 Å².